The van der Waals surface area contributed by atoms with E-state index in [1.54, 1.807) is 0 Å². The lowest BCUT2D eigenvalue weighted by atomic mass is 9.83. The van der Waals surface area contributed by atoms with Crippen molar-refractivity contribution in [2.45, 2.75) is 32.1 Å². The second-order valence-electron chi connectivity index (χ2n) is 7.23. The minimum absolute atomic E-state index is 0.0704. The Morgan fingerprint density at radius 2 is 2.16 bits per heavy atom. The first kappa shape index (κ1) is 17.8. The van der Waals surface area contributed by atoms with E-state index in [1.807, 2.05) is 7.05 Å². The Morgan fingerprint density at radius 3 is 2.92 bits per heavy atom. The third kappa shape index (κ3) is 3.80. The van der Waals surface area contributed by atoms with Gasteiger partial charge in [0, 0.05) is 32.6 Å². The van der Waals surface area contributed by atoms with E-state index in [0.29, 0.717) is 12.5 Å². The maximum Gasteiger partial charge on any atom is 0.310 e. The van der Waals surface area contributed by atoms with Crippen LogP contribution in [0.3, 0.4) is 0 Å². The second kappa shape index (κ2) is 7.89. The van der Waals surface area contributed by atoms with Crippen LogP contribution >= 0.6 is 0 Å². The molecule has 0 radical (unpaired) electrons. The third-order valence-corrected chi connectivity index (χ3v) is 5.63. The van der Waals surface area contributed by atoms with Crippen molar-refractivity contribution in [2.75, 3.05) is 33.8 Å². The Kier molecular flexibility index (Phi) is 5.61. The molecule has 3 rings (SSSR count). The average Bonchev–Trinajstić information content (AvgIpc) is 3.03. The van der Waals surface area contributed by atoms with E-state index in [1.165, 1.54) is 37.5 Å². The number of fused-ring (bicyclic) bond motifs is 1. The minimum Gasteiger partial charge on any atom is -0.469 e. The second-order valence-corrected chi connectivity index (χ2v) is 7.23. The van der Waals surface area contributed by atoms with Gasteiger partial charge in [-0.25, -0.2) is 0 Å². The van der Waals surface area contributed by atoms with Crippen LogP contribution in [0.15, 0.2) is 29.3 Å². The van der Waals surface area contributed by atoms with Crippen LogP contribution < -0.4 is 5.32 Å². The average molecular weight is 343 g/mol. The van der Waals surface area contributed by atoms with Crippen molar-refractivity contribution in [1.82, 2.24) is 10.2 Å². The van der Waals surface area contributed by atoms with Crippen molar-refractivity contribution < 1.29 is 9.53 Å². The van der Waals surface area contributed by atoms with Crippen LogP contribution in [0.5, 0.6) is 0 Å². The zero-order valence-corrected chi connectivity index (χ0v) is 15.5. The van der Waals surface area contributed by atoms with Crippen LogP contribution in [0.1, 0.15) is 36.8 Å². The van der Waals surface area contributed by atoms with E-state index in [-0.39, 0.29) is 17.8 Å². The van der Waals surface area contributed by atoms with Crippen LogP contribution in [0, 0.1) is 11.8 Å². The number of esters is 1. The molecule has 1 aliphatic heterocycles. The fraction of sp³-hybridized carbons (Fsp3) is 0.600. The van der Waals surface area contributed by atoms with Crippen LogP contribution in [-0.4, -0.2) is 50.6 Å². The van der Waals surface area contributed by atoms with Gasteiger partial charge in [-0.1, -0.05) is 31.2 Å². The molecular weight excluding hydrogens is 314 g/mol. The van der Waals surface area contributed by atoms with Gasteiger partial charge in [0.15, 0.2) is 5.96 Å². The van der Waals surface area contributed by atoms with Gasteiger partial charge in [0.25, 0.3) is 0 Å². The number of benzene rings is 1. The van der Waals surface area contributed by atoms with Gasteiger partial charge < -0.3 is 15.0 Å². The molecule has 0 bridgehead atoms. The summed E-state index contributed by atoms with van der Waals surface area (Å²) in [6.45, 7) is 4.50. The Labute approximate surface area is 150 Å². The summed E-state index contributed by atoms with van der Waals surface area (Å²) in [7, 11) is 3.28. The summed E-state index contributed by atoms with van der Waals surface area (Å²) in [6, 6.07) is 8.77. The largest absolute Gasteiger partial charge is 0.469 e. The lowest BCUT2D eigenvalue weighted by Crippen LogP contribution is -2.42. The number of rotatable bonds is 3. The molecule has 25 heavy (non-hydrogen) atoms. The molecule has 0 spiro atoms. The first-order chi connectivity index (χ1) is 12.1. The van der Waals surface area contributed by atoms with Gasteiger partial charge in [-0.2, -0.15) is 0 Å². The molecule has 1 aromatic carbocycles. The van der Waals surface area contributed by atoms with Gasteiger partial charge in [0.05, 0.1) is 13.0 Å². The summed E-state index contributed by atoms with van der Waals surface area (Å²) in [5.41, 5.74) is 2.95. The number of ether oxygens (including phenoxy) is 1. The molecule has 1 saturated heterocycles. The van der Waals surface area contributed by atoms with Gasteiger partial charge in [-0.05, 0) is 36.3 Å². The van der Waals surface area contributed by atoms with Gasteiger partial charge in [0.2, 0.25) is 0 Å². The number of methoxy groups -OCH3 is 1. The number of aryl methyl sites for hydroxylation is 1. The zero-order chi connectivity index (χ0) is 17.8. The SMILES string of the molecule is CN=C(NCC1CCCc2ccccc21)N1CC(C)C(C(=O)OC)C1. The molecule has 1 aliphatic carbocycles. The molecule has 1 fully saturated rings. The number of carbonyl (C=O) groups is 1. The van der Waals surface area contributed by atoms with E-state index in [9.17, 15) is 4.79 Å². The van der Waals surface area contributed by atoms with Crippen LogP contribution in [0.25, 0.3) is 0 Å². The summed E-state index contributed by atoms with van der Waals surface area (Å²) in [5.74, 6) is 1.51. The Morgan fingerprint density at radius 1 is 1.36 bits per heavy atom. The smallest absolute Gasteiger partial charge is 0.310 e. The highest BCUT2D eigenvalue weighted by molar-refractivity contribution is 5.82. The summed E-state index contributed by atoms with van der Waals surface area (Å²) in [5, 5.41) is 3.54. The number of carbonyl (C=O) groups excluding carboxylic acids is 1. The summed E-state index contributed by atoms with van der Waals surface area (Å²) < 4.78 is 4.93. The standard InChI is InChI=1S/C20H29N3O2/c1-14-12-23(13-18(14)19(24)25-3)20(21-2)22-11-16-9-6-8-15-7-4-5-10-17(15)16/h4-5,7,10,14,16,18H,6,8-9,11-13H2,1-3H3,(H,21,22). The van der Waals surface area contributed by atoms with Crippen molar-refractivity contribution >= 4 is 11.9 Å². The van der Waals surface area contributed by atoms with E-state index >= 15 is 0 Å². The molecule has 3 atom stereocenters. The molecule has 0 amide bonds. The lowest BCUT2D eigenvalue weighted by molar-refractivity contribution is -0.145. The van der Waals surface area contributed by atoms with Gasteiger partial charge in [-0.15, -0.1) is 0 Å². The summed E-state index contributed by atoms with van der Waals surface area (Å²) >= 11 is 0. The highest BCUT2D eigenvalue weighted by Crippen LogP contribution is 2.31. The zero-order valence-electron chi connectivity index (χ0n) is 15.5. The quantitative estimate of drug-likeness (QED) is 0.520. The maximum absolute atomic E-state index is 11.9. The number of aliphatic imine (C=N–C) groups is 1. The van der Waals surface area contributed by atoms with Gasteiger partial charge in [-0.3, -0.25) is 9.79 Å². The maximum atomic E-state index is 11.9. The van der Waals surface area contributed by atoms with Crippen molar-refractivity contribution in [3.8, 4) is 0 Å². The lowest BCUT2D eigenvalue weighted by Gasteiger charge is -2.28. The monoisotopic (exact) mass is 343 g/mol. The molecule has 5 heteroatoms. The van der Waals surface area contributed by atoms with Crippen molar-refractivity contribution in [2.24, 2.45) is 16.8 Å². The fourth-order valence-electron chi connectivity index (χ4n) is 4.21. The van der Waals surface area contributed by atoms with E-state index in [4.69, 9.17) is 4.74 Å². The van der Waals surface area contributed by atoms with Crippen LogP contribution in [0.4, 0.5) is 0 Å². The molecule has 136 valence electrons. The molecule has 0 aromatic heterocycles. The molecule has 1 heterocycles. The third-order valence-electron chi connectivity index (χ3n) is 5.63. The molecular formula is C20H29N3O2. The Bertz CT molecular complexity index is 644. The molecule has 0 saturated carbocycles. The van der Waals surface area contributed by atoms with Crippen molar-refractivity contribution in [3.05, 3.63) is 35.4 Å². The highest BCUT2D eigenvalue weighted by atomic mass is 16.5. The number of guanidine groups is 1. The predicted octanol–water partition coefficient (Wildman–Crippen LogP) is 2.42. The summed E-state index contributed by atoms with van der Waals surface area (Å²) in [6.07, 6.45) is 3.64. The van der Waals surface area contributed by atoms with Crippen LogP contribution in [-0.2, 0) is 16.0 Å². The van der Waals surface area contributed by atoms with E-state index < -0.39 is 0 Å². The van der Waals surface area contributed by atoms with E-state index in [2.05, 4.69) is 46.4 Å². The Hall–Kier alpha value is -2.04. The predicted molar refractivity (Wildman–Crippen MR) is 99.7 cm³/mol. The normalized spacial score (nSPS) is 26.3. The topological polar surface area (TPSA) is 53.9 Å². The molecule has 2 aliphatic rings. The number of nitrogens with one attached hydrogen (secondary N) is 1. The number of hydrogen-bond acceptors (Lipinski definition) is 3. The number of likely N-dealkylation sites (tertiary alicyclic amines) is 1. The number of nitrogens with zero attached hydrogens (tertiary/aromatic N) is 2. The van der Waals surface area contributed by atoms with Crippen molar-refractivity contribution in [3.63, 3.8) is 0 Å². The van der Waals surface area contributed by atoms with E-state index in [0.717, 1.165) is 19.0 Å². The molecule has 5 nitrogen and oxygen atoms in total. The highest BCUT2D eigenvalue weighted by Gasteiger charge is 2.37. The van der Waals surface area contributed by atoms with Gasteiger partial charge >= 0.3 is 5.97 Å². The van der Waals surface area contributed by atoms with Crippen LogP contribution in [0.2, 0.25) is 0 Å². The van der Waals surface area contributed by atoms with Crippen molar-refractivity contribution in [1.29, 1.82) is 0 Å². The molecule has 1 N–H and O–H groups in total. The first-order valence-electron chi connectivity index (χ1n) is 9.25. The molecule has 1 aromatic rings. The van der Waals surface area contributed by atoms with Gasteiger partial charge in [0.1, 0.15) is 0 Å². The first-order valence-corrected chi connectivity index (χ1v) is 9.25. The Balaban J connectivity index is 1.62. The minimum atomic E-state index is -0.119. The number of hydrogen-bond donors (Lipinski definition) is 1. The molecule has 3 unspecified atom stereocenters. The summed E-state index contributed by atoms with van der Waals surface area (Å²) in [4.78, 5) is 18.5. The fourth-order valence-corrected chi connectivity index (χ4v) is 4.21.